The minimum Gasteiger partial charge on any atom is -0.461 e. The predicted octanol–water partition coefficient (Wildman–Crippen LogP) is 5.50. The molecule has 2 aromatic carbocycles. The van der Waals surface area contributed by atoms with E-state index in [4.69, 9.17) is 20.0 Å². The monoisotopic (exact) mass is 466 g/mol. The normalized spacial score (nSPS) is 12.0. The summed E-state index contributed by atoms with van der Waals surface area (Å²) >= 11 is 0. The number of amides is 1. The molecule has 180 valence electrons. The van der Waals surface area contributed by atoms with E-state index in [-0.39, 0.29) is 32.1 Å². The average molecular weight is 467 g/mol. The number of nitrogen functional groups attached to an aromatic ring is 1. The molecule has 0 saturated heterocycles. The second kappa shape index (κ2) is 15.5. The Bertz CT molecular complexity index is 1060. The van der Waals surface area contributed by atoms with Crippen LogP contribution in [0.5, 0.6) is 0 Å². The van der Waals surface area contributed by atoms with Crippen molar-refractivity contribution in [3.63, 3.8) is 0 Å². The maximum absolute atomic E-state index is 11.1. The summed E-state index contributed by atoms with van der Waals surface area (Å²) in [4.78, 5) is 32.4. The molecule has 0 unspecified atom stereocenters. The zero-order valence-electron chi connectivity index (χ0n) is 22.5. The van der Waals surface area contributed by atoms with E-state index in [1.54, 1.807) is 60.7 Å². The summed E-state index contributed by atoms with van der Waals surface area (Å²) in [7, 11) is 1.25. The van der Waals surface area contributed by atoms with Gasteiger partial charge in [0.1, 0.15) is 6.61 Å². The molecule has 7 heteroatoms. The zero-order chi connectivity index (χ0) is 28.2. The Hall–Kier alpha value is -4.26. The van der Waals surface area contributed by atoms with Gasteiger partial charge >= 0.3 is 5.97 Å². The lowest BCUT2D eigenvalue weighted by Crippen LogP contribution is -2.05. The van der Waals surface area contributed by atoms with Gasteiger partial charge in [0.2, 0.25) is 5.91 Å². The van der Waals surface area contributed by atoms with E-state index in [1.165, 1.54) is 14.3 Å². The molecule has 1 aliphatic carbocycles. The van der Waals surface area contributed by atoms with Gasteiger partial charge < -0.3 is 21.2 Å². The van der Waals surface area contributed by atoms with E-state index in [2.05, 4.69) is 11.9 Å². The van der Waals surface area contributed by atoms with Gasteiger partial charge in [-0.1, -0.05) is 38.3 Å². The fraction of sp³-hybridized carbons (Fsp3) is 0.185. The molecule has 0 aliphatic heterocycles. The van der Waals surface area contributed by atoms with Gasteiger partial charge in [-0.25, -0.2) is 0 Å². The fourth-order valence-corrected chi connectivity index (χ4v) is 2.23. The number of nitrogens with two attached hydrogens (primary N) is 1. The van der Waals surface area contributed by atoms with E-state index in [0.29, 0.717) is 22.6 Å². The summed E-state index contributed by atoms with van der Waals surface area (Å²) in [5.74, 6) is -0.888. The second-order valence-corrected chi connectivity index (χ2v) is 6.78. The van der Waals surface area contributed by atoms with E-state index in [9.17, 15) is 14.4 Å². The molecule has 0 spiro atoms. The number of Topliss-reactive ketones (excluding diaryl/α,β-unsaturated/α-hetero) is 1. The van der Waals surface area contributed by atoms with Crippen molar-refractivity contribution in [2.24, 2.45) is 0 Å². The fourth-order valence-electron chi connectivity index (χ4n) is 2.23. The maximum Gasteiger partial charge on any atom is 0.302 e. The molecule has 0 radical (unpaired) electrons. The smallest absolute Gasteiger partial charge is 0.302 e. The Morgan fingerprint density at radius 2 is 1.62 bits per heavy atom. The van der Waals surface area contributed by atoms with Crippen molar-refractivity contribution in [3.8, 4) is 0 Å². The van der Waals surface area contributed by atoms with Crippen LogP contribution in [-0.4, -0.2) is 23.4 Å². The molecule has 0 bridgehead atoms. The predicted molar refractivity (Wildman–Crippen MR) is 139 cm³/mol. The van der Waals surface area contributed by atoms with E-state index in [0.717, 1.165) is 11.1 Å². The van der Waals surface area contributed by atoms with Crippen molar-refractivity contribution in [2.45, 2.75) is 34.7 Å². The molecule has 0 atom stereocenters. The van der Waals surface area contributed by atoms with Crippen LogP contribution in [0, 0.1) is 5.41 Å². The third kappa shape index (κ3) is 13.2. The molecule has 0 heterocycles. The Labute approximate surface area is 205 Å². The number of ketones is 1. The minimum absolute atomic E-state index is 0.149. The first-order valence-corrected chi connectivity index (χ1v) is 9.77. The number of hydrogen-bond acceptors (Lipinski definition) is 6. The third-order valence-electron chi connectivity index (χ3n) is 3.86. The largest absolute Gasteiger partial charge is 0.461 e. The van der Waals surface area contributed by atoms with Crippen LogP contribution in [-0.2, 0) is 20.9 Å². The highest BCUT2D eigenvalue weighted by Gasteiger charge is 1.99. The van der Waals surface area contributed by atoms with Gasteiger partial charge in [0.15, 0.2) is 5.78 Å². The molecule has 0 aromatic heterocycles. The highest BCUT2D eigenvalue weighted by molar-refractivity contribution is 6.03. The summed E-state index contributed by atoms with van der Waals surface area (Å²) < 4.78 is 24.1. The first-order chi connectivity index (χ1) is 17.6. The van der Waals surface area contributed by atoms with Gasteiger partial charge in [-0.2, -0.15) is 0 Å². The number of allylic oxidation sites excluding steroid dienone is 5. The van der Waals surface area contributed by atoms with Gasteiger partial charge in [-0.3, -0.25) is 14.4 Å². The first kappa shape index (κ1) is 24.4. The quantitative estimate of drug-likeness (QED) is 0.312. The number of carbonyl (C=O) groups excluding carboxylic acids is 3. The molecule has 4 N–H and O–H groups in total. The van der Waals surface area contributed by atoms with Crippen molar-refractivity contribution < 1.29 is 23.2 Å². The summed E-state index contributed by atoms with van der Waals surface area (Å²) in [6.45, 7) is 4.72. The van der Waals surface area contributed by atoms with Crippen LogP contribution in [0.3, 0.4) is 0 Å². The molecule has 1 aliphatic rings. The Kier molecular flexibility index (Phi) is 11.1. The molecule has 0 saturated carbocycles. The molecular formula is C27H33N3O4. The molecular weight excluding hydrogens is 430 g/mol. The van der Waals surface area contributed by atoms with Gasteiger partial charge in [0, 0.05) is 34.9 Å². The van der Waals surface area contributed by atoms with E-state index < -0.39 is 5.97 Å². The highest BCUT2D eigenvalue weighted by Crippen LogP contribution is 2.09. The van der Waals surface area contributed by atoms with Crippen LogP contribution < -0.4 is 11.1 Å². The Morgan fingerprint density at radius 1 is 1.03 bits per heavy atom. The molecule has 0 fully saturated rings. The number of rotatable bonds is 4. The van der Waals surface area contributed by atoms with Crippen LogP contribution >= 0.6 is 0 Å². The summed E-state index contributed by atoms with van der Waals surface area (Å²) in [6.07, 6.45) is 7.09. The van der Waals surface area contributed by atoms with E-state index in [1.807, 2.05) is 12.2 Å². The Morgan fingerprint density at radius 3 is 2.09 bits per heavy atom. The topological polar surface area (TPSA) is 122 Å². The molecule has 7 nitrogen and oxygen atoms in total. The van der Waals surface area contributed by atoms with Crippen LogP contribution in [0.15, 0.2) is 85.0 Å². The molecule has 34 heavy (non-hydrogen) atoms. The lowest BCUT2D eigenvalue weighted by molar-refractivity contribution is -0.142. The highest BCUT2D eigenvalue weighted by atomic mass is 16.5. The molecule has 2 aromatic rings. The van der Waals surface area contributed by atoms with Crippen LogP contribution in [0.2, 0.25) is 0 Å². The van der Waals surface area contributed by atoms with Crippen molar-refractivity contribution in [1.29, 1.82) is 5.41 Å². The van der Waals surface area contributed by atoms with Gasteiger partial charge in [0.05, 0.1) is 5.71 Å². The number of anilines is 2. The summed E-state index contributed by atoms with van der Waals surface area (Å²) in [5, 5.41) is 9.66. The van der Waals surface area contributed by atoms with Crippen molar-refractivity contribution in [1.82, 2.24) is 0 Å². The number of carbonyl (C=O) groups is 3. The number of ether oxygens (including phenoxy) is 1. The van der Waals surface area contributed by atoms with Crippen LogP contribution in [0.1, 0.15) is 48.2 Å². The van der Waals surface area contributed by atoms with Crippen LogP contribution in [0.4, 0.5) is 11.4 Å². The van der Waals surface area contributed by atoms with Crippen molar-refractivity contribution in [3.05, 3.63) is 96.1 Å². The van der Waals surface area contributed by atoms with Crippen molar-refractivity contribution >= 4 is 34.7 Å². The summed E-state index contributed by atoms with van der Waals surface area (Å²) in [6, 6.07) is 13.5. The number of benzene rings is 2. The van der Waals surface area contributed by atoms with Gasteiger partial charge in [-0.15, -0.1) is 0 Å². The number of hydrogen-bond donors (Lipinski definition) is 3. The summed E-state index contributed by atoms with van der Waals surface area (Å²) in [5.41, 5.74) is 9.66. The Balaban J connectivity index is 0.000000524. The third-order valence-corrected chi connectivity index (χ3v) is 3.86. The number of nitrogens with one attached hydrogen (secondary N) is 2. The lowest BCUT2D eigenvalue weighted by atomic mass is 10.1. The number of esters is 1. The first-order valence-electron chi connectivity index (χ1n) is 12.2. The second-order valence-electron chi connectivity index (χ2n) is 6.78. The standard InChI is InChI=1S/C10H11NO2.C9H11NO2.C7H7N.CH4/c1-7(12)9-3-5-10(6-4-9)11-8(2)13;1-7(11)12-6-8-2-4-9(10)5-3-8;1-6-2-4-7(8)5-3-6;/h3-6H,1-2H3,(H,11,13);2-5H,6,10H2,1H3;2-5,8H,1H2;1H4/i2*1D;;1D. The maximum atomic E-state index is 11.1. The van der Waals surface area contributed by atoms with Crippen molar-refractivity contribution in [2.75, 3.05) is 11.1 Å². The van der Waals surface area contributed by atoms with Gasteiger partial charge in [-0.05, 0) is 66.6 Å². The lowest BCUT2D eigenvalue weighted by Gasteiger charge is -2.01. The molecule has 1 amide bonds. The van der Waals surface area contributed by atoms with Crippen LogP contribution in [0.25, 0.3) is 0 Å². The SMILES string of the molecule is C=C1C=CC(=N)C=C1.[2H]C.[2H]CC(=O)OCc1ccc(N)cc1.[2H]CC(=O)c1ccc(NC(C)=O)cc1. The average Bonchev–Trinajstić information content (AvgIpc) is 2.91. The minimum atomic E-state index is -0.517. The van der Waals surface area contributed by atoms with Gasteiger partial charge in [0.25, 0.3) is 0 Å². The van der Waals surface area contributed by atoms with E-state index >= 15 is 0 Å². The molecule has 3 rings (SSSR count). The zero-order valence-corrected chi connectivity index (χ0v) is 19.5.